The molecule has 0 aliphatic rings. The van der Waals surface area contributed by atoms with Crippen molar-refractivity contribution in [3.8, 4) is 0 Å². The molecule has 2 aromatic rings. The topological polar surface area (TPSA) is 41.6 Å². The van der Waals surface area contributed by atoms with Crippen LogP contribution in [0.4, 0.5) is 0 Å². The zero-order valence-corrected chi connectivity index (χ0v) is 6.08. The molecular weight excluding hydrogens is 146 g/mol. The minimum absolute atomic E-state index is 1.46. The quantitative estimate of drug-likeness (QED) is 0.624. The van der Waals surface area contributed by atoms with Crippen LogP contribution in [0.1, 0.15) is 0 Å². The standard InChI is InChI=1S/C3H4N2.C3H3NS/c2*1-2-4-5-3-1/h1-3H,(H,4,5);1-3H. The van der Waals surface area contributed by atoms with Gasteiger partial charge in [-0.2, -0.15) is 5.10 Å². The van der Waals surface area contributed by atoms with Crippen molar-refractivity contribution in [3.63, 3.8) is 0 Å². The van der Waals surface area contributed by atoms with Crippen LogP contribution in [0.3, 0.4) is 0 Å². The van der Waals surface area contributed by atoms with Crippen LogP contribution in [0.5, 0.6) is 0 Å². The Labute approximate surface area is 62.9 Å². The SMILES string of the molecule is c1cn[nH]c1.c1cnsc1. The maximum atomic E-state index is 3.76. The Bertz CT molecular complexity index is 152. The van der Waals surface area contributed by atoms with Gasteiger partial charge in [0.1, 0.15) is 0 Å². The second kappa shape index (κ2) is 4.69. The fraction of sp³-hybridized carbons (Fsp3) is 0. The number of H-pyrrole nitrogens is 1. The normalized spacial score (nSPS) is 8.00. The first-order valence-corrected chi connectivity index (χ1v) is 3.62. The lowest BCUT2D eigenvalue weighted by Gasteiger charge is -1.49. The third kappa shape index (κ3) is 2.99. The van der Waals surface area contributed by atoms with Crippen molar-refractivity contribution in [2.45, 2.75) is 0 Å². The van der Waals surface area contributed by atoms with Crippen molar-refractivity contribution in [1.82, 2.24) is 14.6 Å². The minimum Gasteiger partial charge on any atom is -0.286 e. The second-order valence-electron chi connectivity index (χ2n) is 1.45. The highest BCUT2D eigenvalue weighted by molar-refractivity contribution is 7.03. The van der Waals surface area contributed by atoms with Crippen LogP contribution in [0, 0.1) is 0 Å². The van der Waals surface area contributed by atoms with Gasteiger partial charge >= 0.3 is 0 Å². The number of aromatic amines is 1. The molecule has 0 aromatic carbocycles. The Kier molecular flexibility index (Phi) is 3.26. The summed E-state index contributed by atoms with van der Waals surface area (Å²) >= 11 is 1.46. The van der Waals surface area contributed by atoms with Crippen LogP contribution in [0.25, 0.3) is 0 Å². The van der Waals surface area contributed by atoms with E-state index in [0.29, 0.717) is 0 Å². The van der Waals surface area contributed by atoms with Crippen molar-refractivity contribution < 1.29 is 0 Å². The summed E-state index contributed by atoms with van der Waals surface area (Å²) in [6, 6.07) is 3.74. The van der Waals surface area contributed by atoms with Crippen LogP contribution in [0.15, 0.2) is 36.1 Å². The first-order chi connectivity index (χ1) is 5.00. The molecule has 0 bridgehead atoms. The lowest BCUT2D eigenvalue weighted by atomic mass is 10.8. The van der Waals surface area contributed by atoms with E-state index in [1.54, 1.807) is 18.6 Å². The summed E-state index contributed by atoms with van der Waals surface area (Å²) in [5, 5.41) is 8.14. The lowest BCUT2D eigenvalue weighted by Crippen LogP contribution is -1.53. The van der Waals surface area contributed by atoms with Gasteiger partial charge in [0.05, 0.1) is 0 Å². The van der Waals surface area contributed by atoms with E-state index in [2.05, 4.69) is 14.6 Å². The predicted molar refractivity (Wildman–Crippen MR) is 40.7 cm³/mol. The first kappa shape index (κ1) is 6.95. The molecule has 0 spiro atoms. The van der Waals surface area contributed by atoms with Gasteiger partial charge in [0.2, 0.25) is 0 Å². The van der Waals surface area contributed by atoms with Gasteiger partial charge in [-0.25, -0.2) is 4.37 Å². The Balaban J connectivity index is 0.0000001000. The molecule has 2 heterocycles. The summed E-state index contributed by atoms with van der Waals surface area (Å²) < 4.78 is 3.76. The third-order valence-corrected chi connectivity index (χ3v) is 1.28. The largest absolute Gasteiger partial charge is 0.286 e. The van der Waals surface area contributed by atoms with Crippen molar-refractivity contribution in [3.05, 3.63) is 36.1 Å². The van der Waals surface area contributed by atoms with Crippen molar-refractivity contribution >= 4 is 11.5 Å². The van der Waals surface area contributed by atoms with Gasteiger partial charge in [0, 0.05) is 24.0 Å². The molecule has 3 nitrogen and oxygen atoms in total. The fourth-order valence-corrected chi connectivity index (χ4v) is 0.742. The van der Waals surface area contributed by atoms with Crippen LogP contribution >= 0.6 is 11.5 Å². The van der Waals surface area contributed by atoms with Crippen molar-refractivity contribution in [2.24, 2.45) is 0 Å². The Morgan fingerprint density at radius 2 is 2.20 bits per heavy atom. The van der Waals surface area contributed by atoms with E-state index in [-0.39, 0.29) is 0 Å². The summed E-state index contributed by atoms with van der Waals surface area (Å²) in [6.45, 7) is 0. The number of hydrogen-bond acceptors (Lipinski definition) is 3. The predicted octanol–water partition coefficient (Wildman–Crippen LogP) is 1.55. The second-order valence-corrected chi connectivity index (χ2v) is 2.15. The van der Waals surface area contributed by atoms with Gasteiger partial charge < -0.3 is 0 Å². The maximum absolute atomic E-state index is 3.76. The smallest absolute Gasteiger partial charge is 0.0487 e. The highest BCUT2D eigenvalue weighted by atomic mass is 32.1. The van der Waals surface area contributed by atoms with E-state index < -0.39 is 0 Å². The summed E-state index contributed by atoms with van der Waals surface area (Å²) in [5.41, 5.74) is 0. The molecular formula is C6H7N3S. The van der Waals surface area contributed by atoms with E-state index in [1.807, 2.05) is 17.5 Å². The summed E-state index contributed by atoms with van der Waals surface area (Å²) in [5.74, 6) is 0. The Hall–Kier alpha value is -1.16. The van der Waals surface area contributed by atoms with E-state index in [1.165, 1.54) is 11.5 Å². The van der Waals surface area contributed by atoms with E-state index in [0.717, 1.165) is 0 Å². The van der Waals surface area contributed by atoms with E-state index >= 15 is 0 Å². The molecule has 0 unspecified atom stereocenters. The molecule has 2 rings (SSSR count). The van der Waals surface area contributed by atoms with Gasteiger partial charge in [-0.3, -0.25) is 5.10 Å². The fourth-order valence-electron chi connectivity index (χ4n) is 0.391. The molecule has 0 aliphatic heterocycles. The monoisotopic (exact) mass is 153 g/mol. The molecule has 0 amide bonds. The number of nitrogens with one attached hydrogen (secondary N) is 1. The average molecular weight is 153 g/mol. The third-order valence-electron chi connectivity index (χ3n) is 0.753. The number of rotatable bonds is 0. The molecule has 4 heteroatoms. The van der Waals surface area contributed by atoms with Crippen LogP contribution in [-0.2, 0) is 0 Å². The van der Waals surface area contributed by atoms with Crippen LogP contribution in [0.2, 0.25) is 0 Å². The van der Waals surface area contributed by atoms with Crippen molar-refractivity contribution in [2.75, 3.05) is 0 Å². The van der Waals surface area contributed by atoms with Gasteiger partial charge in [-0.15, -0.1) is 0 Å². The molecule has 52 valence electrons. The summed E-state index contributed by atoms with van der Waals surface area (Å²) in [4.78, 5) is 0. The lowest BCUT2D eigenvalue weighted by molar-refractivity contribution is 1.09. The Morgan fingerprint density at radius 3 is 2.40 bits per heavy atom. The molecule has 10 heavy (non-hydrogen) atoms. The number of hydrogen-bond donors (Lipinski definition) is 1. The molecule has 0 aliphatic carbocycles. The molecule has 1 N–H and O–H groups in total. The zero-order chi connectivity index (χ0) is 7.07. The summed E-state index contributed by atoms with van der Waals surface area (Å²) in [7, 11) is 0. The molecule has 2 aromatic heterocycles. The first-order valence-electron chi connectivity index (χ1n) is 2.78. The maximum Gasteiger partial charge on any atom is 0.0487 e. The van der Waals surface area contributed by atoms with Crippen molar-refractivity contribution in [1.29, 1.82) is 0 Å². The van der Waals surface area contributed by atoms with Gasteiger partial charge in [0.15, 0.2) is 0 Å². The van der Waals surface area contributed by atoms with Gasteiger partial charge in [-0.05, 0) is 23.7 Å². The van der Waals surface area contributed by atoms with Crippen LogP contribution in [-0.4, -0.2) is 14.6 Å². The summed E-state index contributed by atoms with van der Waals surface area (Å²) in [6.07, 6.45) is 5.23. The highest BCUT2D eigenvalue weighted by Gasteiger charge is 1.59. The van der Waals surface area contributed by atoms with Gasteiger partial charge in [0.25, 0.3) is 0 Å². The van der Waals surface area contributed by atoms with E-state index in [4.69, 9.17) is 0 Å². The number of aromatic nitrogens is 3. The molecule has 0 atom stereocenters. The molecule has 0 fully saturated rings. The molecule has 0 saturated heterocycles. The Morgan fingerprint density at radius 1 is 1.20 bits per heavy atom. The minimum atomic E-state index is 1.46. The molecule has 0 saturated carbocycles. The molecule has 0 radical (unpaired) electrons. The van der Waals surface area contributed by atoms with Gasteiger partial charge in [-0.1, -0.05) is 0 Å². The van der Waals surface area contributed by atoms with E-state index in [9.17, 15) is 0 Å². The zero-order valence-electron chi connectivity index (χ0n) is 5.27. The number of nitrogens with zero attached hydrogens (tertiary/aromatic N) is 2. The van der Waals surface area contributed by atoms with Crippen LogP contribution < -0.4 is 0 Å². The highest BCUT2D eigenvalue weighted by Crippen LogP contribution is 1.83. The average Bonchev–Trinajstić information content (AvgIpc) is 2.67.